The molecule has 4 unspecified atom stereocenters. The zero-order valence-corrected chi connectivity index (χ0v) is 24.0. The van der Waals surface area contributed by atoms with E-state index in [4.69, 9.17) is 20.9 Å². The van der Waals surface area contributed by atoms with Crippen LogP contribution in [0.4, 0.5) is 42.2 Å². The normalized spacial score (nSPS) is 29.1. The molecule has 0 bridgehead atoms. The number of rotatable bonds is 8. The van der Waals surface area contributed by atoms with Crippen molar-refractivity contribution in [3.8, 4) is 23.1 Å². The number of fused-ring (bicyclic) bond motifs is 1. The number of aliphatic hydroxyl groups is 1. The van der Waals surface area contributed by atoms with E-state index in [9.17, 15) is 31.4 Å². The maximum absolute atomic E-state index is 16.2. The third kappa shape index (κ3) is 4.02. The minimum absolute atomic E-state index is 0.0341. The van der Waals surface area contributed by atoms with E-state index in [1.807, 2.05) is 13.8 Å². The van der Waals surface area contributed by atoms with E-state index in [2.05, 4.69) is 20.3 Å². The molecule has 9 nitrogen and oxygen atoms in total. The fourth-order valence-electron chi connectivity index (χ4n) is 6.39. The zero-order chi connectivity index (χ0) is 32.4. The Kier molecular flexibility index (Phi) is 6.34. The molecule has 16 heteroatoms. The number of hydrogen-bond acceptors (Lipinski definition) is 9. The van der Waals surface area contributed by atoms with E-state index in [-0.39, 0.29) is 28.3 Å². The summed E-state index contributed by atoms with van der Waals surface area (Å²) in [5.41, 5.74) is 4.25. The number of aliphatic hydroxyl groups excluding tert-OH is 1. The second-order valence-electron chi connectivity index (χ2n) is 11.7. The monoisotopic (exact) mass is 630 g/mol. The van der Waals surface area contributed by atoms with Crippen LogP contribution in [0.25, 0.3) is 22.2 Å². The number of benzene rings is 1. The lowest BCUT2D eigenvalue weighted by Crippen LogP contribution is -2.42. The first kappa shape index (κ1) is 30.4. The first-order chi connectivity index (χ1) is 20.5. The van der Waals surface area contributed by atoms with Crippen molar-refractivity contribution in [3.05, 3.63) is 28.8 Å². The lowest BCUT2D eigenvalue weighted by atomic mass is 9.96. The Morgan fingerprint density at radius 1 is 1.09 bits per heavy atom. The summed E-state index contributed by atoms with van der Waals surface area (Å²) in [5, 5.41) is 12.4. The number of hydrogen-bond donors (Lipinski definition) is 4. The number of nitrogens with one attached hydrogen (secondary N) is 1. The van der Waals surface area contributed by atoms with Gasteiger partial charge in [-0.2, -0.15) is 23.1 Å². The molecule has 3 saturated carbocycles. The first-order valence-electron chi connectivity index (χ1n) is 13.9. The summed E-state index contributed by atoms with van der Waals surface area (Å²) in [6.45, 7) is 4.92. The van der Waals surface area contributed by atoms with E-state index >= 15 is 4.39 Å². The predicted molar refractivity (Wildman–Crippen MR) is 144 cm³/mol. The minimum Gasteiger partial charge on any atom is -0.474 e. The largest absolute Gasteiger partial charge is 0.474 e. The zero-order valence-electron chi connectivity index (χ0n) is 24.0. The summed E-state index contributed by atoms with van der Waals surface area (Å²) >= 11 is 0. The summed E-state index contributed by atoms with van der Waals surface area (Å²) < 4.78 is 112. The van der Waals surface area contributed by atoms with E-state index in [0.29, 0.717) is 6.07 Å². The van der Waals surface area contributed by atoms with E-state index in [0.717, 1.165) is 13.3 Å². The fourth-order valence-corrected chi connectivity index (χ4v) is 6.39. The van der Waals surface area contributed by atoms with Crippen molar-refractivity contribution in [2.24, 2.45) is 11.3 Å². The molecule has 0 spiro atoms. The molecule has 1 aromatic carbocycles. The van der Waals surface area contributed by atoms with Gasteiger partial charge in [-0.1, -0.05) is 13.8 Å². The van der Waals surface area contributed by atoms with Crippen molar-refractivity contribution in [2.75, 3.05) is 24.7 Å². The summed E-state index contributed by atoms with van der Waals surface area (Å²) in [7, 11) is 0. The van der Waals surface area contributed by atoms with Crippen LogP contribution in [0.3, 0.4) is 0 Å². The third-order valence-electron chi connectivity index (χ3n) is 9.17. The maximum Gasteiger partial charge on any atom is 0.417 e. The average Bonchev–Trinajstić information content (AvgIpc) is 3.86. The second-order valence-corrected chi connectivity index (χ2v) is 11.7. The van der Waals surface area contributed by atoms with Crippen molar-refractivity contribution in [3.63, 3.8) is 0 Å². The van der Waals surface area contributed by atoms with Gasteiger partial charge in [-0.25, -0.2) is 22.5 Å². The van der Waals surface area contributed by atoms with Crippen LogP contribution in [-0.2, 0) is 6.18 Å². The van der Waals surface area contributed by atoms with Gasteiger partial charge in [0, 0.05) is 29.0 Å². The highest BCUT2D eigenvalue weighted by Gasteiger charge is 3.07. The van der Waals surface area contributed by atoms with Gasteiger partial charge in [0.25, 0.3) is 5.92 Å². The molecule has 1 saturated heterocycles. The smallest absolute Gasteiger partial charge is 0.417 e. The molecule has 4 atom stereocenters. The molecule has 3 aromatic rings. The van der Waals surface area contributed by atoms with Crippen LogP contribution < -0.4 is 26.3 Å². The van der Waals surface area contributed by atoms with Gasteiger partial charge in [0.2, 0.25) is 5.88 Å². The van der Waals surface area contributed by atoms with Gasteiger partial charge in [-0.05, 0) is 31.9 Å². The number of alkyl halides is 5. The molecule has 0 radical (unpaired) electrons. The Hall–Kier alpha value is -3.66. The van der Waals surface area contributed by atoms with E-state index in [1.165, 1.54) is 0 Å². The van der Waals surface area contributed by atoms with Crippen LogP contribution in [0, 0.1) is 29.9 Å². The number of nitrogens with zero attached hydrogens (tertiary/aromatic N) is 3. The molecule has 3 aliphatic carbocycles. The Labute approximate surface area is 246 Å². The number of pyridine rings is 1. The molecule has 4 aliphatic rings. The van der Waals surface area contributed by atoms with Gasteiger partial charge in [0.15, 0.2) is 5.82 Å². The van der Waals surface area contributed by atoms with Crippen molar-refractivity contribution >= 4 is 22.4 Å². The van der Waals surface area contributed by atoms with Gasteiger partial charge in [-0.15, -0.1) is 0 Å². The first-order valence-corrected chi connectivity index (χ1v) is 13.9. The Bertz CT molecular complexity index is 1700. The van der Waals surface area contributed by atoms with Gasteiger partial charge in [0.1, 0.15) is 40.9 Å². The third-order valence-corrected chi connectivity index (χ3v) is 9.17. The highest BCUT2D eigenvalue weighted by molar-refractivity contribution is 5.96. The number of ether oxygens (including phenoxy) is 2. The average molecular weight is 631 g/mol. The molecule has 44 heavy (non-hydrogen) atoms. The molecule has 6 N–H and O–H groups in total. The topological polar surface area (TPSA) is 151 Å². The van der Waals surface area contributed by atoms with Crippen LogP contribution in [-0.4, -0.2) is 56.4 Å². The molecule has 2 aromatic heterocycles. The van der Waals surface area contributed by atoms with Crippen LogP contribution in [0.15, 0.2) is 6.07 Å². The van der Waals surface area contributed by atoms with Crippen molar-refractivity contribution in [1.82, 2.24) is 20.3 Å². The van der Waals surface area contributed by atoms with Crippen molar-refractivity contribution in [2.45, 2.75) is 69.8 Å². The van der Waals surface area contributed by atoms with Crippen LogP contribution in [0.5, 0.6) is 11.9 Å². The Balaban J connectivity index is 0.00000168. The number of aromatic nitrogens is 3. The quantitative estimate of drug-likeness (QED) is 0.157. The second kappa shape index (κ2) is 9.19. The molecule has 1 aliphatic heterocycles. The van der Waals surface area contributed by atoms with E-state index < -0.39 is 100 Å². The maximum atomic E-state index is 16.2. The number of anilines is 2. The number of halogens is 7. The van der Waals surface area contributed by atoms with Crippen LogP contribution in [0.2, 0.25) is 0 Å². The lowest BCUT2D eigenvalue weighted by Gasteiger charge is -2.28. The standard InChI is InChI=1S/C26H23F7N6O3.C2H6/c1-8-13(26(31,32)33)10(3-11(34)14(8)27)16-15(28)17-12(20(36-16)42-9(2)18-23-5-24(18,23)39-23)19(35)38-21(37-17)41-7-22(6-40)4-25(22,29)30;1-2/h3,9,18,39-40H,4-7,34H2,1-2H3,(H2,35,37,38);1-2H3. The summed E-state index contributed by atoms with van der Waals surface area (Å²) in [5.74, 6) is -6.69. The number of nitrogen functional groups attached to an aromatic ring is 2. The predicted octanol–water partition coefficient (Wildman–Crippen LogP) is 4.77. The Morgan fingerprint density at radius 3 is 2.20 bits per heavy atom. The van der Waals surface area contributed by atoms with Crippen molar-refractivity contribution < 1.29 is 45.3 Å². The van der Waals surface area contributed by atoms with Gasteiger partial charge < -0.3 is 31.4 Å². The van der Waals surface area contributed by atoms with E-state index in [1.54, 1.807) is 6.92 Å². The summed E-state index contributed by atoms with van der Waals surface area (Å²) in [4.78, 5) is 11.9. The Morgan fingerprint density at radius 2 is 1.70 bits per heavy atom. The SMILES string of the molecule is CC.Cc1c(F)c(N)cc(-c2nc(OC(C)C3C45CC34N5)c3c(N)nc(OCC4(CO)CC4(F)F)nc3c2F)c1C(F)(F)F. The molecule has 4 fully saturated rings. The molecule has 3 heterocycles. The molecular formula is C28H29F7N6O3. The highest BCUT2D eigenvalue weighted by Crippen LogP contribution is 2.89. The van der Waals surface area contributed by atoms with Gasteiger partial charge in [0.05, 0.1) is 23.3 Å². The fraction of sp³-hybridized carbons (Fsp3) is 0.536. The lowest BCUT2D eigenvalue weighted by molar-refractivity contribution is -0.137. The van der Waals surface area contributed by atoms with Crippen LogP contribution >= 0.6 is 0 Å². The highest BCUT2D eigenvalue weighted by atomic mass is 19.4. The molecule has 238 valence electrons. The molecule has 0 amide bonds. The van der Waals surface area contributed by atoms with Crippen molar-refractivity contribution in [1.29, 1.82) is 0 Å². The van der Waals surface area contributed by atoms with Gasteiger partial charge in [-0.3, -0.25) is 0 Å². The van der Waals surface area contributed by atoms with Crippen LogP contribution in [0.1, 0.15) is 44.7 Å². The summed E-state index contributed by atoms with van der Waals surface area (Å²) in [6, 6.07) is -0.0479. The molecular weight excluding hydrogens is 601 g/mol. The number of nitrogens with two attached hydrogens (primary N) is 2. The minimum atomic E-state index is -5.14. The molecule has 7 rings (SSSR count). The van der Waals surface area contributed by atoms with Gasteiger partial charge >= 0.3 is 12.2 Å². The summed E-state index contributed by atoms with van der Waals surface area (Å²) in [6.07, 6.45) is -5.36.